The van der Waals surface area contributed by atoms with Crippen LogP contribution in [-0.4, -0.2) is 41.2 Å². The van der Waals surface area contributed by atoms with E-state index in [2.05, 4.69) is 27.4 Å². The third kappa shape index (κ3) is 15.4. The second kappa shape index (κ2) is 16.3. The van der Waals surface area contributed by atoms with Crippen molar-refractivity contribution in [3.8, 4) is 5.75 Å². The number of unbranched alkanes of at least 4 members (excludes halogenated alkanes) is 4. The van der Waals surface area contributed by atoms with Gasteiger partial charge in [0.05, 0.1) is 6.61 Å². The number of hydrogen-bond donors (Lipinski definition) is 2. The molecule has 1 aromatic rings. The summed E-state index contributed by atoms with van der Waals surface area (Å²) in [4.78, 5) is 41.5. The Kier molecular flexibility index (Phi) is 14.3. The SMILES string of the molecule is CCCCCCCOC(=O)N=NC(=O)Oc1ccccc1C.O=C(O)N=NC(=O)O. The number of carboxylic acid groups (broad SMARTS) is 2. The van der Waals surface area contributed by atoms with E-state index in [-0.39, 0.29) is 6.61 Å². The van der Waals surface area contributed by atoms with Crippen molar-refractivity contribution in [2.45, 2.75) is 46.0 Å². The molecule has 0 atom stereocenters. The lowest BCUT2D eigenvalue weighted by molar-refractivity contribution is 0.151. The zero-order valence-corrected chi connectivity index (χ0v) is 16.7. The molecule has 12 heteroatoms. The van der Waals surface area contributed by atoms with Crippen LogP contribution in [-0.2, 0) is 4.74 Å². The predicted molar refractivity (Wildman–Crippen MR) is 103 cm³/mol. The van der Waals surface area contributed by atoms with E-state index in [1.807, 2.05) is 6.07 Å². The highest BCUT2D eigenvalue weighted by Crippen LogP contribution is 2.16. The quantitative estimate of drug-likeness (QED) is 0.404. The Hall–Kier alpha value is -3.70. The first kappa shape index (κ1) is 26.3. The summed E-state index contributed by atoms with van der Waals surface area (Å²) < 4.78 is 9.80. The minimum atomic E-state index is -1.62. The van der Waals surface area contributed by atoms with Crippen molar-refractivity contribution in [1.29, 1.82) is 0 Å². The van der Waals surface area contributed by atoms with Gasteiger partial charge < -0.3 is 19.7 Å². The van der Waals surface area contributed by atoms with Crippen LogP contribution in [0.2, 0.25) is 0 Å². The van der Waals surface area contributed by atoms with Crippen LogP contribution in [0.15, 0.2) is 44.7 Å². The molecule has 12 nitrogen and oxygen atoms in total. The molecule has 0 saturated carbocycles. The predicted octanol–water partition coefficient (Wildman–Crippen LogP) is 5.85. The van der Waals surface area contributed by atoms with Crippen molar-refractivity contribution < 1.29 is 38.9 Å². The number of nitrogens with zero attached hydrogens (tertiary/aromatic N) is 4. The van der Waals surface area contributed by atoms with Gasteiger partial charge in [0.15, 0.2) is 0 Å². The first-order valence-corrected chi connectivity index (χ1v) is 8.99. The summed E-state index contributed by atoms with van der Waals surface area (Å²) in [5.41, 5.74) is 0.792. The maximum Gasteiger partial charge on any atom is 0.458 e. The van der Waals surface area contributed by atoms with E-state index in [1.54, 1.807) is 25.1 Å². The Morgan fingerprint density at radius 3 is 1.97 bits per heavy atom. The Morgan fingerprint density at radius 1 is 0.833 bits per heavy atom. The fourth-order valence-corrected chi connectivity index (χ4v) is 1.85. The lowest BCUT2D eigenvalue weighted by atomic mass is 10.2. The largest absolute Gasteiger partial charge is 0.462 e. The monoisotopic (exact) mass is 424 g/mol. The Morgan fingerprint density at radius 2 is 1.40 bits per heavy atom. The second-order valence-corrected chi connectivity index (χ2v) is 5.63. The number of amides is 4. The van der Waals surface area contributed by atoms with Gasteiger partial charge in [0.2, 0.25) is 0 Å². The third-order valence-electron chi connectivity index (χ3n) is 3.20. The molecule has 0 aliphatic rings. The standard InChI is InChI=1S/C16H22N2O4.C2H2N2O4/c1-3-4-5-6-9-12-21-15(19)17-18-16(20)22-14-11-8-7-10-13(14)2;5-1(6)3-4-2(7)8/h7-8,10-11H,3-6,9,12H2,1-2H3;(H,5,6)(H,7,8). The van der Waals surface area contributed by atoms with Gasteiger partial charge >= 0.3 is 24.4 Å². The van der Waals surface area contributed by atoms with Gasteiger partial charge in [0, 0.05) is 0 Å². The molecule has 0 heterocycles. The summed E-state index contributed by atoms with van der Waals surface area (Å²) in [6.45, 7) is 4.22. The highest BCUT2D eigenvalue weighted by Gasteiger charge is 2.07. The van der Waals surface area contributed by atoms with Gasteiger partial charge in [-0.15, -0.1) is 0 Å². The maximum atomic E-state index is 11.4. The molecule has 0 aliphatic carbocycles. The van der Waals surface area contributed by atoms with Crippen molar-refractivity contribution in [3.05, 3.63) is 29.8 Å². The molecule has 30 heavy (non-hydrogen) atoms. The molecule has 4 amide bonds. The van der Waals surface area contributed by atoms with E-state index in [1.165, 1.54) is 6.42 Å². The normalized spacial score (nSPS) is 10.3. The molecule has 0 radical (unpaired) electrons. The molecular formula is C18H24N4O8. The highest BCUT2D eigenvalue weighted by molar-refractivity contribution is 5.75. The van der Waals surface area contributed by atoms with Gasteiger partial charge in [-0.1, -0.05) is 71.3 Å². The molecule has 0 aliphatic heterocycles. The third-order valence-corrected chi connectivity index (χ3v) is 3.20. The molecule has 164 valence electrons. The van der Waals surface area contributed by atoms with Crippen LogP contribution in [0.3, 0.4) is 0 Å². The molecule has 0 aromatic heterocycles. The number of rotatable bonds is 7. The molecule has 1 rings (SSSR count). The van der Waals surface area contributed by atoms with E-state index < -0.39 is 24.4 Å². The number of para-hydroxylation sites is 1. The molecule has 0 fully saturated rings. The molecule has 0 spiro atoms. The number of ether oxygens (including phenoxy) is 2. The number of carbonyl (C=O) groups excluding carboxylic acids is 2. The first-order chi connectivity index (χ1) is 14.3. The van der Waals surface area contributed by atoms with Gasteiger partial charge in [-0.3, -0.25) is 0 Å². The van der Waals surface area contributed by atoms with E-state index in [0.717, 1.165) is 31.2 Å². The van der Waals surface area contributed by atoms with Crippen LogP contribution in [0.1, 0.15) is 44.6 Å². The highest BCUT2D eigenvalue weighted by atomic mass is 16.6. The topological polar surface area (TPSA) is 177 Å². The summed E-state index contributed by atoms with van der Waals surface area (Å²) in [7, 11) is 0. The first-order valence-electron chi connectivity index (χ1n) is 8.99. The minimum Gasteiger partial charge on any atom is -0.462 e. The molecule has 0 bridgehead atoms. The summed E-state index contributed by atoms with van der Waals surface area (Å²) in [5, 5.41) is 26.2. The average molecular weight is 424 g/mol. The van der Waals surface area contributed by atoms with Gasteiger partial charge in [0.25, 0.3) is 0 Å². The van der Waals surface area contributed by atoms with E-state index >= 15 is 0 Å². The van der Waals surface area contributed by atoms with Gasteiger partial charge in [0.1, 0.15) is 5.75 Å². The zero-order valence-electron chi connectivity index (χ0n) is 16.7. The number of carbonyl (C=O) groups is 4. The maximum absolute atomic E-state index is 11.4. The van der Waals surface area contributed by atoms with Crippen molar-refractivity contribution in [1.82, 2.24) is 0 Å². The lowest BCUT2D eigenvalue weighted by Crippen LogP contribution is -2.05. The Bertz CT molecular complexity index is 748. The van der Waals surface area contributed by atoms with Crippen molar-refractivity contribution in [2.75, 3.05) is 6.61 Å². The van der Waals surface area contributed by atoms with Gasteiger partial charge in [-0.2, -0.15) is 0 Å². The summed E-state index contributed by atoms with van der Waals surface area (Å²) >= 11 is 0. The van der Waals surface area contributed by atoms with Gasteiger partial charge in [-0.25, -0.2) is 19.2 Å². The van der Waals surface area contributed by atoms with E-state index in [0.29, 0.717) is 5.75 Å². The zero-order chi connectivity index (χ0) is 22.8. The second-order valence-electron chi connectivity index (χ2n) is 5.63. The van der Waals surface area contributed by atoms with Crippen LogP contribution in [0.4, 0.5) is 19.2 Å². The van der Waals surface area contributed by atoms with Crippen molar-refractivity contribution >= 4 is 24.4 Å². The van der Waals surface area contributed by atoms with E-state index in [9.17, 15) is 19.2 Å². The molecule has 2 N–H and O–H groups in total. The van der Waals surface area contributed by atoms with Crippen LogP contribution >= 0.6 is 0 Å². The van der Waals surface area contributed by atoms with Crippen LogP contribution in [0, 0.1) is 6.92 Å². The Labute approximate surface area is 172 Å². The smallest absolute Gasteiger partial charge is 0.458 e. The molecular weight excluding hydrogens is 400 g/mol. The average Bonchev–Trinajstić information content (AvgIpc) is 2.70. The number of aryl methyl sites for hydroxylation is 1. The van der Waals surface area contributed by atoms with Crippen LogP contribution in [0.25, 0.3) is 0 Å². The van der Waals surface area contributed by atoms with Crippen LogP contribution < -0.4 is 4.74 Å². The fraction of sp³-hybridized carbons (Fsp3) is 0.444. The summed E-state index contributed by atoms with van der Waals surface area (Å²) in [5.74, 6) is 0.385. The van der Waals surface area contributed by atoms with E-state index in [4.69, 9.17) is 19.7 Å². The van der Waals surface area contributed by atoms with Gasteiger partial charge in [-0.05, 0) is 25.0 Å². The number of azo groups is 2. The fourth-order valence-electron chi connectivity index (χ4n) is 1.85. The Balaban J connectivity index is 0.000000890. The molecule has 0 unspecified atom stereocenters. The van der Waals surface area contributed by atoms with Crippen LogP contribution in [0.5, 0.6) is 5.75 Å². The minimum absolute atomic E-state index is 0.286. The molecule has 1 aromatic carbocycles. The number of benzene rings is 1. The van der Waals surface area contributed by atoms with Crippen molar-refractivity contribution in [2.24, 2.45) is 20.5 Å². The summed E-state index contributed by atoms with van der Waals surface area (Å²) in [6.07, 6.45) is 0.196. The van der Waals surface area contributed by atoms with Crippen molar-refractivity contribution in [3.63, 3.8) is 0 Å². The lowest BCUT2D eigenvalue weighted by Gasteiger charge is -2.03. The number of hydrogen-bond acceptors (Lipinski definition) is 6. The molecule has 0 saturated heterocycles. The summed E-state index contributed by atoms with van der Waals surface area (Å²) in [6, 6.07) is 7.00.